The quantitative estimate of drug-likeness (QED) is 0.656. The molecule has 0 amide bonds. The van der Waals surface area contributed by atoms with Gasteiger partial charge in [0.1, 0.15) is 12.2 Å². The van der Waals surface area contributed by atoms with Gasteiger partial charge in [0.15, 0.2) is 0 Å². The number of nitrogens with one attached hydrogen (secondary N) is 1. The highest BCUT2D eigenvalue weighted by Gasteiger charge is 2.15. The van der Waals surface area contributed by atoms with Gasteiger partial charge in [0.2, 0.25) is 5.95 Å². The number of carboxylic acids is 1. The first-order chi connectivity index (χ1) is 12.7. The number of carboxylic acid groups (broad SMARTS) is 1. The van der Waals surface area contributed by atoms with Crippen LogP contribution < -0.4 is 11.1 Å². The zero-order valence-corrected chi connectivity index (χ0v) is 14.6. The number of nitrogens with two attached hydrogens (primary N) is 1. The van der Waals surface area contributed by atoms with E-state index in [4.69, 9.17) is 10.8 Å². The van der Waals surface area contributed by atoms with Gasteiger partial charge in [0, 0.05) is 36.7 Å². The second-order valence-electron chi connectivity index (χ2n) is 6.56. The van der Waals surface area contributed by atoms with Crippen molar-refractivity contribution in [2.24, 2.45) is 16.6 Å². The second-order valence-corrected chi connectivity index (χ2v) is 6.56. The summed E-state index contributed by atoms with van der Waals surface area (Å²) in [5, 5.41) is 12.6. The molecule has 1 aliphatic rings. The van der Waals surface area contributed by atoms with Gasteiger partial charge >= 0.3 is 5.97 Å². The van der Waals surface area contributed by atoms with Crippen LogP contribution in [-0.2, 0) is 11.3 Å². The Labute approximate surface area is 151 Å². The Morgan fingerprint density at radius 2 is 2.23 bits per heavy atom. The molecule has 0 bridgehead atoms. The molecular weight excluding hydrogens is 332 g/mol. The van der Waals surface area contributed by atoms with Crippen molar-refractivity contribution in [3.63, 3.8) is 0 Å². The molecule has 8 nitrogen and oxygen atoms in total. The number of hydrogen-bond donors (Lipinski definition) is 3. The minimum atomic E-state index is -1.00. The lowest BCUT2D eigenvalue weighted by Crippen LogP contribution is -2.14. The van der Waals surface area contributed by atoms with Crippen molar-refractivity contribution in [2.75, 3.05) is 11.9 Å². The topological polar surface area (TPSA) is 118 Å². The third-order valence-electron chi connectivity index (χ3n) is 4.57. The summed E-state index contributed by atoms with van der Waals surface area (Å²) in [6.45, 7) is 0.656. The van der Waals surface area contributed by atoms with Crippen LogP contribution in [0.4, 0.5) is 5.95 Å². The monoisotopic (exact) mass is 356 g/mol. The van der Waals surface area contributed by atoms with E-state index in [1.807, 2.05) is 6.07 Å². The number of aliphatic imine (C=N–C) groups is 1. The van der Waals surface area contributed by atoms with Crippen LogP contribution in [0.5, 0.6) is 0 Å². The number of hydrogen-bond acceptors (Lipinski definition) is 6. The van der Waals surface area contributed by atoms with E-state index < -0.39 is 5.97 Å². The van der Waals surface area contributed by atoms with Crippen LogP contribution in [0.15, 0.2) is 35.3 Å². The number of fused-ring (bicyclic) bond motifs is 1. The Balaban J connectivity index is 1.74. The van der Waals surface area contributed by atoms with E-state index in [2.05, 4.69) is 31.0 Å². The fourth-order valence-corrected chi connectivity index (χ4v) is 3.29. The molecule has 2 heterocycles. The van der Waals surface area contributed by atoms with Gasteiger partial charge in [-0.15, -0.1) is 0 Å². The highest BCUT2D eigenvalue weighted by molar-refractivity contribution is 5.84. The Morgan fingerprint density at radius 3 is 2.96 bits per heavy atom. The van der Waals surface area contributed by atoms with Crippen LogP contribution in [0.3, 0.4) is 0 Å². The summed E-state index contributed by atoms with van der Waals surface area (Å²) < 4.78 is 2.18. The molecule has 0 unspecified atom stereocenters. The molecule has 1 fully saturated rings. The largest absolute Gasteiger partial charge is 0.480 e. The first-order valence-corrected chi connectivity index (χ1v) is 8.88. The maximum absolute atomic E-state index is 10.5. The van der Waals surface area contributed by atoms with Crippen LogP contribution in [0.2, 0.25) is 0 Å². The Hall–Kier alpha value is -2.90. The summed E-state index contributed by atoms with van der Waals surface area (Å²) in [6.07, 6.45) is 13.0. The second kappa shape index (κ2) is 8.46. The van der Waals surface area contributed by atoms with Crippen molar-refractivity contribution >= 4 is 29.2 Å². The molecule has 1 aliphatic carbocycles. The number of aromatic nitrogens is 3. The Kier molecular flexibility index (Phi) is 5.83. The smallest absolute Gasteiger partial charge is 0.325 e. The Morgan fingerprint density at radius 1 is 1.42 bits per heavy atom. The van der Waals surface area contributed by atoms with Crippen molar-refractivity contribution in [3.05, 3.63) is 30.4 Å². The minimum Gasteiger partial charge on any atom is -0.480 e. The summed E-state index contributed by atoms with van der Waals surface area (Å²) in [5.74, 6) is 0.101. The number of aliphatic carboxylic acids is 1. The molecule has 4 N–H and O–H groups in total. The summed E-state index contributed by atoms with van der Waals surface area (Å²) in [6, 6.07) is 2.02. The first kappa shape index (κ1) is 17.9. The van der Waals surface area contributed by atoms with Crippen LogP contribution >= 0.6 is 0 Å². The lowest BCUT2D eigenvalue weighted by molar-refractivity contribution is -0.135. The van der Waals surface area contributed by atoms with E-state index in [0.717, 1.165) is 17.6 Å². The number of anilines is 1. The zero-order chi connectivity index (χ0) is 18.4. The molecule has 0 spiro atoms. The SMILES string of the molecule is NC=C(C=NCC(=O)O)Nc1ncc2ccn(CC3CCCCC3)c2n1. The molecule has 8 heteroatoms. The summed E-state index contributed by atoms with van der Waals surface area (Å²) in [5.41, 5.74) is 6.88. The molecular formula is C18H24N6O2. The number of nitrogens with zero attached hydrogens (tertiary/aromatic N) is 4. The standard InChI is InChI=1S/C18H24N6O2/c19-8-15(10-20-11-16(25)26)22-18-21-9-14-6-7-24(17(14)23-18)12-13-4-2-1-3-5-13/h6-10,13H,1-5,11-12,19H2,(H,25,26)(H,21,22,23). The average molecular weight is 356 g/mol. The fourth-order valence-electron chi connectivity index (χ4n) is 3.29. The fraction of sp³-hybridized carbons (Fsp3) is 0.444. The van der Waals surface area contributed by atoms with E-state index in [-0.39, 0.29) is 6.54 Å². The maximum atomic E-state index is 10.5. The Bertz CT molecular complexity index is 820. The van der Waals surface area contributed by atoms with Gasteiger partial charge in [-0.3, -0.25) is 9.79 Å². The summed E-state index contributed by atoms with van der Waals surface area (Å²) in [7, 11) is 0. The van der Waals surface area contributed by atoms with E-state index >= 15 is 0 Å². The highest BCUT2D eigenvalue weighted by atomic mass is 16.4. The van der Waals surface area contributed by atoms with E-state index in [1.54, 1.807) is 6.20 Å². The van der Waals surface area contributed by atoms with Gasteiger partial charge in [-0.25, -0.2) is 4.98 Å². The molecule has 2 aromatic rings. The van der Waals surface area contributed by atoms with Crippen LogP contribution in [0.25, 0.3) is 11.0 Å². The van der Waals surface area contributed by atoms with E-state index in [1.165, 1.54) is 44.5 Å². The summed E-state index contributed by atoms with van der Waals surface area (Å²) >= 11 is 0. The molecule has 1 saturated carbocycles. The highest BCUT2D eigenvalue weighted by Crippen LogP contribution is 2.26. The third-order valence-corrected chi connectivity index (χ3v) is 4.57. The number of carbonyl (C=O) groups is 1. The van der Waals surface area contributed by atoms with Crippen LogP contribution in [-0.4, -0.2) is 38.4 Å². The average Bonchev–Trinajstić information content (AvgIpc) is 3.03. The van der Waals surface area contributed by atoms with Gasteiger partial charge in [-0.2, -0.15) is 4.98 Å². The molecule has 0 radical (unpaired) electrons. The molecule has 0 saturated heterocycles. The van der Waals surface area contributed by atoms with Crippen molar-refractivity contribution < 1.29 is 9.90 Å². The molecule has 2 aromatic heterocycles. The van der Waals surface area contributed by atoms with Gasteiger partial charge < -0.3 is 20.7 Å². The molecule has 0 aliphatic heterocycles. The zero-order valence-electron chi connectivity index (χ0n) is 14.6. The predicted octanol–water partition coefficient (Wildman–Crippen LogP) is 2.38. The van der Waals surface area contributed by atoms with Gasteiger partial charge in [0.05, 0.1) is 5.70 Å². The van der Waals surface area contributed by atoms with Gasteiger partial charge in [-0.1, -0.05) is 19.3 Å². The summed E-state index contributed by atoms with van der Waals surface area (Å²) in [4.78, 5) is 23.2. The third kappa shape index (κ3) is 4.59. The van der Waals surface area contributed by atoms with Crippen molar-refractivity contribution in [1.82, 2.24) is 14.5 Å². The number of allylic oxidation sites excluding steroid dienone is 1. The minimum absolute atomic E-state index is 0.316. The van der Waals surface area contributed by atoms with E-state index in [9.17, 15) is 4.79 Å². The number of rotatable bonds is 7. The molecule has 0 atom stereocenters. The van der Waals surface area contributed by atoms with Crippen molar-refractivity contribution in [3.8, 4) is 0 Å². The molecule has 138 valence electrons. The molecule has 26 heavy (non-hydrogen) atoms. The van der Waals surface area contributed by atoms with Crippen molar-refractivity contribution in [1.29, 1.82) is 0 Å². The lowest BCUT2D eigenvalue weighted by atomic mass is 9.89. The van der Waals surface area contributed by atoms with Crippen LogP contribution in [0.1, 0.15) is 32.1 Å². The van der Waals surface area contributed by atoms with E-state index in [0.29, 0.717) is 17.6 Å². The molecule has 0 aromatic carbocycles. The predicted molar refractivity (Wildman–Crippen MR) is 101 cm³/mol. The first-order valence-electron chi connectivity index (χ1n) is 8.88. The van der Waals surface area contributed by atoms with Crippen LogP contribution in [0, 0.1) is 5.92 Å². The molecule has 3 rings (SSSR count). The van der Waals surface area contributed by atoms with Gasteiger partial charge in [0.25, 0.3) is 0 Å². The van der Waals surface area contributed by atoms with Gasteiger partial charge in [-0.05, 0) is 24.8 Å². The maximum Gasteiger partial charge on any atom is 0.325 e. The lowest BCUT2D eigenvalue weighted by Gasteiger charge is -2.22. The van der Waals surface area contributed by atoms with Crippen molar-refractivity contribution in [2.45, 2.75) is 38.6 Å². The normalized spacial score (nSPS) is 16.4.